The van der Waals surface area contributed by atoms with Crippen LogP contribution in [0.15, 0.2) is 24.3 Å². The number of carbonyl (C=O) groups is 1. The lowest BCUT2D eigenvalue weighted by Crippen LogP contribution is -2.43. The van der Waals surface area contributed by atoms with E-state index in [0.29, 0.717) is 24.8 Å². The molecule has 18 heavy (non-hydrogen) atoms. The third-order valence-electron chi connectivity index (χ3n) is 2.88. The lowest BCUT2D eigenvalue weighted by molar-refractivity contribution is 0.0733. The van der Waals surface area contributed by atoms with Crippen LogP contribution in [0.2, 0.25) is 0 Å². The van der Waals surface area contributed by atoms with Crippen LogP contribution in [-0.4, -0.2) is 38.3 Å². The van der Waals surface area contributed by atoms with E-state index in [-0.39, 0.29) is 11.7 Å². The molecule has 2 N–H and O–H groups in total. The summed E-state index contributed by atoms with van der Waals surface area (Å²) in [5, 5.41) is 6.12. The Labute approximate surface area is 106 Å². The lowest BCUT2D eigenvalue weighted by atomic mass is 10.2. The fraction of sp³-hybridized carbons (Fsp3) is 0.462. The second kappa shape index (κ2) is 6.47. The number of rotatable bonds is 4. The minimum Gasteiger partial charge on any atom is -0.379 e. The Morgan fingerprint density at radius 2 is 2.22 bits per heavy atom. The number of carbonyl (C=O) groups excluding carboxylic acids is 1. The second-order valence-electron chi connectivity index (χ2n) is 4.28. The van der Waals surface area contributed by atoms with E-state index in [1.54, 1.807) is 0 Å². The van der Waals surface area contributed by atoms with Crippen LogP contribution in [0, 0.1) is 5.82 Å². The Morgan fingerprint density at radius 1 is 1.44 bits per heavy atom. The number of hydrogen-bond acceptors (Lipinski definition) is 3. The summed E-state index contributed by atoms with van der Waals surface area (Å²) in [4.78, 5) is 11.7. The summed E-state index contributed by atoms with van der Waals surface area (Å²) in [6, 6.07) is 5.82. The monoisotopic (exact) mass is 252 g/mol. The molecule has 0 spiro atoms. The second-order valence-corrected chi connectivity index (χ2v) is 4.28. The van der Waals surface area contributed by atoms with Crippen molar-refractivity contribution in [3.63, 3.8) is 0 Å². The van der Waals surface area contributed by atoms with E-state index in [2.05, 4.69) is 10.6 Å². The molecule has 98 valence electrons. The molecule has 1 aliphatic heterocycles. The molecule has 4 nitrogen and oxygen atoms in total. The number of hydrogen-bond donors (Lipinski definition) is 2. The zero-order valence-electron chi connectivity index (χ0n) is 10.1. The van der Waals surface area contributed by atoms with E-state index < -0.39 is 0 Å². The summed E-state index contributed by atoms with van der Waals surface area (Å²) < 4.78 is 18.0. The molecule has 5 heteroatoms. The van der Waals surface area contributed by atoms with Crippen LogP contribution < -0.4 is 10.6 Å². The highest BCUT2D eigenvalue weighted by molar-refractivity contribution is 5.94. The quantitative estimate of drug-likeness (QED) is 0.838. The molecule has 0 saturated carbocycles. The Morgan fingerprint density at radius 3 is 2.89 bits per heavy atom. The topological polar surface area (TPSA) is 50.4 Å². The van der Waals surface area contributed by atoms with E-state index >= 15 is 0 Å². The predicted molar refractivity (Wildman–Crippen MR) is 66.0 cm³/mol. The summed E-state index contributed by atoms with van der Waals surface area (Å²) in [7, 11) is 0. The summed E-state index contributed by atoms with van der Waals surface area (Å²) >= 11 is 0. The maximum absolute atomic E-state index is 12.7. The highest BCUT2D eigenvalue weighted by atomic mass is 19.1. The number of amides is 1. The van der Waals surface area contributed by atoms with Crippen LogP contribution in [-0.2, 0) is 4.74 Å². The highest BCUT2D eigenvalue weighted by Gasteiger charge is 2.13. The minimum absolute atomic E-state index is 0.174. The maximum Gasteiger partial charge on any atom is 0.251 e. The fourth-order valence-corrected chi connectivity index (χ4v) is 1.87. The van der Waals surface area contributed by atoms with E-state index in [1.165, 1.54) is 24.3 Å². The first kappa shape index (κ1) is 13.0. The summed E-state index contributed by atoms with van der Waals surface area (Å²) in [6.45, 7) is 2.87. The first-order chi connectivity index (χ1) is 8.75. The Hall–Kier alpha value is -1.46. The van der Waals surface area contributed by atoms with Crippen molar-refractivity contribution in [3.05, 3.63) is 35.6 Å². The van der Waals surface area contributed by atoms with Crippen molar-refractivity contribution in [2.75, 3.05) is 26.3 Å². The third-order valence-corrected chi connectivity index (χ3v) is 2.88. The van der Waals surface area contributed by atoms with E-state index in [4.69, 9.17) is 4.74 Å². The van der Waals surface area contributed by atoms with E-state index in [9.17, 15) is 9.18 Å². The number of halogens is 1. The molecule has 0 aromatic heterocycles. The highest BCUT2D eigenvalue weighted by Crippen LogP contribution is 2.03. The van der Waals surface area contributed by atoms with E-state index in [0.717, 1.165) is 19.6 Å². The van der Waals surface area contributed by atoms with Gasteiger partial charge in [0.25, 0.3) is 5.91 Å². The van der Waals surface area contributed by atoms with Crippen LogP contribution in [0.3, 0.4) is 0 Å². The molecule has 1 aliphatic rings. The Balaban J connectivity index is 1.72. The van der Waals surface area contributed by atoms with Gasteiger partial charge in [0, 0.05) is 24.7 Å². The summed E-state index contributed by atoms with van der Waals surface area (Å²) in [5.41, 5.74) is 0.476. The fourth-order valence-electron chi connectivity index (χ4n) is 1.87. The van der Waals surface area contributed by atoms with Gasteiger partial charge in [-0.1, -0.05) is 0 Å². The summed E-state index contributed by atoms with van der Waals surface area (Å²) in [5.74, 6) is -0.512. The van der Waals surface area contributed by atoms with Crippen molar-refractivity contribution < 1.29 is 13.9 Å². The third kappa shape index (κ3) is 3.78. The molecule has 1 heterocycles. The predicted octanol–water partition coefficient (Wildman–Crippen LogP) is 0.934. The van der Waals surface area contributed by atoms with Crippen molar-refractivity contribution in [2.24, 2.45) is 0 Å². The molecule has 1 aromatic rings. The standard InChI is InChI=1S/C13H17FN2O2/c14-11-3-1-10(2-4-11)13(17)16-6-5-12-9-18-8-7-15-12/h1-4,12,15H,5-9H2,(H,16,17). The largest absolute Gasteiger partial charge is 0.379 e. The van der Waals surface area contributed by atoms with Gasteiger partial charge in [-0.15, -0.1) is 0 Å². The molecule has 2 rings (SSSR count). The number of morpholine rings is 1. The average molecular weight is 252 g/mol. The van der Waals surface area contributed by atoms with Crippen molar-refractivity contribution in [3.8, 4) is 0 Å². The van der Waals surface area contributed by atoms with E-state index in [1.807, 2.05) is 0 Å². The molecule has 1 fully saturated rings. The van der Waals surface area contributed by atoms with Gasteiger partial charge in [-0.25, -0.2) is 4.39 Å². The molecule has 1 saturated heterocycles. The van der Waals surface area contributed by atoms with Gasteiger partial charge in [-0.05, 0) is 30.7 Å². The minimum atomic E-state index is -0.338. The Kier molecular flexibility index (Phi) is 4.66. The number of nitrogens with one attached hydrogen (secondary N) is 2. The average Bonchev–Trinajstić information content (AvgIpc) is 2.40. The molecule has 1 aromatic carbocycles. The van der Waals surface area contributed by atoms with Crippen LogP contribution in [0.25, 0.3) is 0 Å². The first-order valence-electron chi connectivity index (χ1n) is 6.10. The molecule has 1 unspecified atom stereocenters. The van der Waals surface area contributed by atoms with Gasteiger partial charge in [-0.3, -0.25) is 4.79 Å². The molecule has 1 atom stereocenters. The van der Waals surface area contributed by atoms with Crippen LogP contribution in [0.5, 0.6) is 0 Å². The van der Waals surface area contributed by atoms with Crippen LogP contribution in [0.1, 0.15) is 16.8 Å². The van der Waals surface area contributed by atoms with Crippen LogP contribution in [0.4, 0.5) is 4.39 Å². The van der Waals surface area contributed by atoms with Gasteiger partial charge in [0.1, 0.15) is 5.82 Å². The van der Waals surface area contributed by atoms with Crippen molar-refractivity contribution in [2.45, 2.75) is 12.5 Å². The molecule has 0 radical (unpaired) electrons. The molecule has 0 aliphatic carbocycles. The van der Waals surface area contributed by atoms with Crippen molar-refractivity contribution in [1.82, 2.24) is 10.6 Å². The molecule has 1 amide bonds. The maximum atomic E-state index is 12.7. The van der Waals surface area contributed by atoms with Gasteiger partial charge in [0.2, 0.25) is 0 Å². The van der Waals surface area contributed by atoms with Gasteiger partial charge in [0.15, 0.2) is 0 Å². The van der Waals surface area contributed by atoms with Gasteiger partial charge in [-0.2, -0.15) is 0 Å². The molecule has 0 bridgehead atoms. The number of ether oxygens (including phenoxy) is 1. The first-order valence-corrected chi connectivity index (χ1v) is 6.10. The summed E-state index contributed by atoms with van der Waals surface area (Å²) in [6.07, 6.45) is 0.826. The molecular weight excluding hydrogens is 235 g/mol. The van der Waals surface area contributed by atoms with Crippen molar-refractivity contribution >= 4 is 5.91 Å². The smallest absolute Gasteiger partial charge is 0.251 e. The molecular formula is C13H17FN2O2. The van der Waals surface area contributed by atoms with Crippen molar-refractivity contribution in [1.29, 1.82) is 0 Å². The van der Waals surface area contributed by atoms with Gasteiger partial charge in [0.05, 0.1) is 13.2 Å². The normalized spacial score (nSPS) is 19.5. The Bertz CT molecular complexity index is 388. The van der Waals surface area contributed by atoms with Gasteiger partial charge < -0.3 is 15.4 Å². The zero-order valence-corrected chi connectivity index (χ0v) is 10.1. The van der Waals surface area contributed by atoms with Crippen LogP contribution >= 0.6 is 0 Å². The lowest BCUT2D eigenvalue weighted by Gasteiger charge is -2.23. The SMILES string of the molecule is O=C(NCCC1COCCN1)c1ccc(F)cc1. The zero-order chi connectivity index (χ0) is 12.8. The van der Waals surface area contributed by atoms with Gasteiger partial charge >= 0.3 is 0 Å². The number of benzene rings is 1.